The first-order valence-electron chi connectivity index (χ1n) is 9.84. The average Bonchev–Trinajstić information content (AvgIpc) is 3.17. The first kappa shape index (κ1) is 19.3. The van der Waals surface area contributed by atoms with E-state index in [1.807, 2.05) is 12.1 Å². The molecule has 1 aliphatic rings. The normalized spacial score (nSPS) is 17.3. The van der Waals surface area contributed by atoms with Gasteiger partial charge in [-0.2, -0.15) is 0 Å². The Bertz CT molecular complexity index is 1000. The van der Waals surface area contributed by atoms with Crippen molar-refractivity contribution in [3.05, 3.63) is 88.9 Å². The van der Waals surface area contributed by atoms with Gasteiger partial charge >= 0.3 is 5.97 Å². The van der Waals surface area contributed by atoms with Crippen molar-refractivity contribution in [3.8, 4) is 0 Å². The van der Waals surface area contributed by atoms with Crippen molar-refractivity contribution in [1.82, 2.24) is 9.88 Å². The molecular formula is C23H23FN2O3. The number of hydrogen-bond acceptors (Lipinski definition) is 4. The number of likely N-dealkylation sites (tertiary alicyclic amines) is 1. The number of carboxylic acids is 1. The fourth-order valence-corrected chi connectivity index (χ4v) is 3.90. The zero-order valence-electron chi connectivity index (χ0n) is 16.1. The standard InChI is InChI=1S/C23H23FN2O3/c24-19-8-4-5-16(12-19)13-20-14-25-22(29-20)21-9-1-2-10-26(21)15-17-6-3-7-18(11-17)23(27)28/h3-8,11-12,14,21H,1-2,9-10,13,15H2,(H,27,28)/t21-/m1/s1. The van der Waals surface area contributed by atoms with Crippen molar-refractivity contribution < 1.29 is 18.7 Å². The highest BCUT2D eigenvalue weighted by molar-refractivity contribution is 5.87. The molecule has 150 valence electrons. The van der Waals surface area contributed by atoms with E-state index in [1.54, 1.807) is 30.5 Å². The van der Waals surface area contributed by atoms with Crippen molar-refractivity contribution in [2.75, 3.05) is 6.54 Å². The van der Waals surface area contributed by atoms with Crippen LogP contribution in [0.3, 0.4) is 0 Å². The first-order valence-corrected chi connectivity index (χ1v) is 9.84. The number of aromatic carboxylic acids is 1. The summed E-state index contributed by atoms with van der Waals surface area (Å²) >= 11 is 0. The molecule has 3 aromatic rings. The predicted octanol–water partition coefficient (Wildman–Crippen LogP) is 4.83. The molecule has 6 heteroatoms. The number of hydrogen-bond donors (Lipinski definition) is 1. The Morgan fingerprint density at radius 2 is 2.00 bits per heavy atom. The molecule has 5 nitrogen and oxygen atoms in total. The Morgan fingerprint density at radius 3 is 2.83 bits per heavy atom. The number of piperidine rings is 1. The molecule has 1 atom stereocenters. The molecule has 0 saturated carbocycles. The summed E-state index contributed by atoms with van der Waals surface area (Å²) in [6.07, 6.45) is 5.35. The van der Waals surface area contributed by atoms with Gasteiger partial charge < -0.3 is 9.52 Å². The molecule has 0 bridgehead atoms. The largest absolute Gasteiger partial charge is 0.478 e. The summed E-state index contributed by atoms with van der Waals surface area (Å²) in [6.45, 7) is 1.55. The van der Waals surface area contributed by atoms with Crippen LogP contribution >= 0.6 is 0 Å². The molecule has 1 saturated heterocycles. The second-order valence-electron chi connectivity index (χ2n) is 7.46. The number of oxazole rings is 1. The summed E-state index contributed by atoms with van der Waals surface area (Å²) in [5.74, 6) is 0.204. The van der Waals surface area contributed by atoms with Crippen LogP contribution < -0.4 is 0 Å². The Morgan fingerprint density at radius 1 is 1.17 bits per heavy atom. The molecule has 2 heterocycles. The summed E-state index contributed by atoms with van der Waals surface area (Å²) in [4.78, 5) is 18.0. The van der Waals surface area contributed by atoms with Crippen LogP contribution in [0.25, 0.3) is 0 Å². The highest BCUT2D eigenvalue weighted by Gasteiger charge is 2.28. The summed E-state index contributed by atoms with van der Waals surface area (Å²) in [5, 5.41) is 9.22. The Balaban J connectivity index is 1.50. The van der Waals surface area contributed by atoms with Crippen molar-refractivity contribution in [3.63, 3.8) is 0 Å². The maximum atomic E-state index is 13.4. The van der Waals surface area contributed by atoms with Crippen LogP contribution in [-0.2, 0) is 13.0 Å². The lowest BCUT2D eigenvalue weighted by Crippen LogP contribution is -2.33. The van der Waals surface area contributed by atoms with Crippen LogP contribution in [0.2, 0.25) is 0 Å². The zero-order valence-corrected chi connectivity index (χ0v) is 16.1. The SMILES string of the molecule is O=C(O)c1cccc(CN2CCCC[C@@H]2c2ncc(Cc3cccc(F)c3)o2)c1. The van der Waals surface area contributed by atoms with Crippen LogP contribution in [0.5, 0.6) is 0 Å². The monoisotopic (exact) mass is 394 g/mol. The minimum Gasteiger partial charge on any atom is -0.478 e. The topological polar surface area (TPSA) is 66.6 Å². The van der Waals surface area contributed by atoms with Crippen molar-refractivity contribution in [1.29, 1.82) is 0 Å². The quantitative estimate of drug-likeness (QED) is 0.649. The fraction of sp³-hybridized carbons (Fsp3) is 0.304. The fourth-order valence-electron chi connectivity index (χ4n) is 3.90. The van der Waals surface area contributed by atoms with Gasteiger partial charge in [0.05, 0.1) is 17.8 Å². The summed E-state index contributed by atoms with van der Waals surface area (Å²) < 4.78 is 19.4. The van der Waals surface area contributed by atoms with Crippen molar-refractivity contribution in [2.45, 2.75) is 38.3 Å². The van der Waals surface area contributed by atoms with E-state index in [2.05, 4.69) is 9.88 Å². The molecule has 0 unspecified atom stereocenters. The van der Waals surface area contributed by atoms with Gasteiger partial charge in [-0.1, -0.05) is 30.7 Å². The number of rotatable bonds is 6. The first-order chi connectivity index (χ1) is 14.1. The van der Waals surface area contributed by atoms with Gasteiger partial charge in [0.2, 0.25) is 5.89 Å². The molecule has 1 N–H and O–H groups in total. The van der Waals surface area contributed by atoms with Gasteiger partial charge in [0.1, 0.15) is 11.6 Å². The van der Waals surface area contributed by atoms with Gasteiger partial charge in [0.25, 0.3) is 0 Å². The van der Waals surface area contributed by atoms with Gasteiger partial charge in [-0.05, 0) is 54.8 Å². The molecule has 0 radical (unpaired) electrons. The van der Waals surface area contributed by atoms with Gasteiger partial charge in [0.15, 0.2) is 0 Å². The number of carbonyl (C=O) groups is 1. The molecule has 1 aliphatic heterocycles. The molecule has 1 fully saturated rings. The second-order valence-corrected chi connectivity index (χ2v) is 7.46. The third-order valence-electron chi connectivity index (χ3n) is 5.30. The smallest absolute Gasteiger partial charge is 0.335 e. The summed E-state index contributed by atoms with van der Waals surface area (Å²) in [7, 11) is 0. The second kappa shape index (κ2) is 8.57. The molecular weight excluding hydrogens is 371 g/mol. The lowest BCUT2D eigenvalue weighted by atomic mass is 10.0. The van der Waals surface area contributed by atoms with Gasteiger partial charge in [-0.25, -0.2) is 14.2 Å². The van der Waals surface area contributed by atoms with E-state index in [-0.39, 0.29) is 11.9 Å². The highest BCUT2D eigenvalue weighted by atomic mass is 19.1. The van der Waals surface area contributed by atoms with Gasteiger partial charge in [0, 0.05) is 13.0 Å². The zero-order chi connectivity index (χ0) is 20.2. The van der Waals surface area contributed by atoms with E-state index in [9.17, 15) is 14.3 Å². The van der Waals surface area contributed by atoms with Crippen molar-refractivity contribution in [2.24, 2.45) is 0 Å². The van der Waals surface area contributed by atoms with E-state index in [4.69, 9.17) is 4.42 Å². The number of nitrogens with zero attached hydrogens (tertiary/aromatic N) is 2. The Hall–Kier alpha value is -2.99. The van der Waals surface area contributed by atoms with Crippen LogP contribution in [0.15, 0.2) is 59.1 Å². The molecule has 0 amide bonds. The number of benzene rings is 2. The van der Waals surface area contributed by atoms with Crippen molar-refractivity contribution >= 4 is 5.97 Å². The van der Waals surface area contributed by atoms with Crippen LogP contribution in [0.1, 0.15) is 58.4 Å². The number of halogens is 1. The third kappa shape index (κ3) is 4.71. The molecule has 1 aromatic heterocycles. The van der Waals surface area contributed by atoms with E-state index in [0.717, 1.165) is 36.9 Å². The van der Waals surface area contributed by atoms with Crippen LogP contribution in [0, 0.1) is 5.82 Å². The third-order valence-corrected chi connectivity index (χ3v) is 5.30. The summed E-state index contributed by atoms with van der Waals surface area (Å²) in [5.41, 5.74) is 2.10. The molecule has 2 aromatic carbocycles. The van der Waals surface area contributed by atoms with Gasteiger partial charge in [-0.3, -0.25) is 4.90 Å². The lowest BCUT2D eigenvalue weighted by molar-refractivity contribution is 0.0696. The lowest BCUT2D eigenvalue weighted by Gasteiger charge is -2.33. The predicted molar refractivity (Wildman–Crippen MR) is 106 cm³/mol. The van der Waals surface area contributed by atoms with E-state index in [1.165, 1.54) is 12.1 Å². The van der Waals surface area contributed by atoms with E-state index < -0.39 is 5.97 Å². The van der Waals surface area contributed by atoms with E-state index in [0.29, 0.717) is 30.2 Å². The minimum atomic E-state index is -0.920. The maximum Gasteiger partial charge on any atom is 0.335 e. The molecule has 4 rings (SSSR count). The van der Waals surface area contributed by atoms with Crippen LogP contribution in [-0.4, -0.2) is 27.5 Å². The number of aromatic nitrogens is 1. The molecule has 0 spiro atoms. The maximum absolute atomic E-state index is 13.4. The minimum absolute atomic E-state index is 0.0542. The van der Waals surface area contributed by atoms with Gasteiger partial charge in [-0.15, -0.1) is 0 Å². The summed E-state index contributed by atoms with van der Waals surface area (Å²) in [6, 6.07) is 13.6. The molecule has 0 aliphatic carbocycles. The number of carboxylic acid groups (broad SMARTS) is 1. The van der Waals surface area contributed by atoms with E-state index >= 15 is 0 Å². The Labute approximate surface area is 168 Å². The Kier molecular flexibility index (Phi) is 5.71. The highest BCUT2D eigenvalue weighted by Crippen LogP contribution is 2.32. The average molecular weight is 394 g/mol. The molecule has 29 heavy (non-hydrogen) atoms. The van der Waals surface area contributed by atoms with Crippen LogP contribution in [0.4, 0.5) is 4.39 Å².